The first-order valence-electron chi connectivity index (χ1n) is 9.80. The Morgan fingerprint density at radius 1 is 1.24 bits per heavy atom. The summed E-state index contributed by atoms with van der Waals surface area (Å²) in [5.74, 6) is 1.69. The number of carbonyl (C=O) groups excluding carboxylic acids is 2. The molecule has 1 aliphatic heterocycles. The van der Waals surface area contributed by atoms with Gasteiger partial charge in [-0.15, -0.1) is 0 Å². The average molecular weight is 409 g/mol. The Labute approximate surface area is 174 Å². The number of amides is 2. The highest BCUT2D eigenvalue weighted by Crippen LogP contribution is 2.23. The van der Waals surface area contributed by atoms with Crippen LogP contribution < -0.4 is 10.2 Å². The number of anilines is 1. The van der Waals surface area contributed by atoms with E-state index in [1.807, 2.05) is 36.4 Å². The molecule has 2 heterocycles. The van der Waals surface area contributed by atoms with Gasteiger partial charge in [-0.1, -0.05) is 12.1 Å². The molecule has 0 bridgehead atoms. The van der Waals surface area contributed by atoms with E-state index in [4.69, 9.17) is 0 Å². The van der Waals surface area contributed by atoms with E-state index in [-0.39, 0.29) is 17.9 Å². The number of nitrogens with one attached hydrogen (secondary N) is 2. The van der Waals surface area contributed by atoms with Crippen LogP contribution in [-0.4, -0.2) is 40.3 Å². The number of para-hydroxylation sites is 2. The summed E-state index contributed by atoms with van der Waals surface area (Å²) in [4.78, 5) is 34.5. The van der Waals surface area contributed by atoms with Crippen molar-refractivity contribution in [3.63, 3.8) is 0 Å². The normalized spacial score (nSPS) is 15.1. The molecule has 1 fully saturated rings. The van der Waals surface area contributed by atoms with Crippen molar-refractivity contribution in [1.82, 2.24) is 15.3 Å². The van der Waals surface area contributed by atoms with Crippen molar-refractivity contribution in [3.8, 4) is 0 Å². The number of H-pyrrole nitrogens is 1. The first-order valence-corrected chi connectivity index (χ1v) is 11.2. The predicted octanol–water partition coefficient (Wildman–Crippen LogP) is 3.91. The van der Waals surface area contributed by atoms with Gasteiger partial charge in [-0.3, -0.25) is 9.59 Å². The molecule has 2 amide bonds. The average Bonchev–Trinajstić information content (AvgIpc) is 3.37. The molecule has 0 saturated carbocycles. The van der Waals surface area contributed by atoms with E-state index in [0.717, 1.165) is 47.7 Å². The number of rotatable bonds is 7. The van der Waals surface area contributed by atoms with Gasteiger partial charge in [0.25, 0.3) is 5.91 Å². The fraction of sp³-hybridized carbons (Fsp3) is 0.318. The Morgan fingerprint density at radius 2 is 2.03 bits per heavy atom. The highest BCUT2D eigenvalue weighted by atomic mass is 32.2. The molecule has 29 heavy (non-hydrogen) atoms. The van der Waals surface area contributed by atoms with Gasteiger partial charge >= 0.3 is 0 Å². The van der Waals surface area contributed by atoms with Crippen LogP contribution in [0.25, 0.3) is 11.0 Å². The maximum atomic E-state index is 12.9. The van der Waals surface area contributed by atoms with Crippen molar-refractivity contribution < 1.29 is 9.59 Å². The molecule has 2 N–H and O–H groups in total. The smallest absolute Gasteiger partial charge is 0.251 e. The molecule has 0 radical (unpaired) electrons. The number of fused-ring (bicyclic) bond motifs is 1. The van der Waals surface area contributed by atoms with Crippen LogP contribution in [0.4, 0.5) is 5.69 Å². The summed E-state index contributed by atoms with van der Waals surface area (Å²) >= 11 is 1.74. The minimum absolute atomic E-state index is 0.143. The molecule has 0 spiro atoms. The van der Waals surface area contributed by atoms with Crippen LogP contribution >= 0.6 is 11.8 Å². The van der Waals surface area contributed by atoms with Crippen molar-refractivity contribution in [3.05, 3.63) is 59.9 Å². The fourth-order valence-electron chi connectivity index (χ4n) is 3.61. The maximum absolute atomic E-state index is 12.9. The summed E-state index contributed by atoms with van der Waals surface area (Å²) in [7, 11) is 0. The first kappa shape index (κ1) is 19.5. The monoisotopic (exact) mass is 408 g/mol. The van der Waals surface area contributed by atoms with Crippen molar-refractivity contribution in [1.29, 1.82) is 0 Å². The van der Waals surface area contributed by atoms with Crippen molar-refractivity contribution >= 4 is 40.3 Å². The van der Waals surface area contributed by atoms with Crippen molar-refractivity contribution in [2.75, 3.05) is 23.5 Å². The summed E-state index contributed by atoms with van der Waals surface area (Å²) < 4.78 is 0. The van der Waals surface area contributed by atoms with Crippen LogP contribution in [0.2, 0.25) is 0 Å². The lowest BCUT2D eigenvalue weighted by Gasteiger charge is -2.18. The number of imidazole rings is 1. The molecular weight excluding hydrogens is 384 g/mol. The summed E-state index contributed by atoms with van der Waals surface area (Å²) in [6.07, 6.45) is 4.32. The molecule has 1 saturated heterocycles. The van der Waals surface area contributed by atoms with Crippen LogP contribution in [0.3, 0.4) is 0 Å². The molecule has 150 valence electrons. The number of hydrogen-bond acceptors (Lipinski definition) is 4. The Kier molecular flexibility index (Phi) is 5.85. The second kappa shape index (κ2) is 8.69. The van der Waals surface area contributed by atoms with Crippen molar-refractivity contribution in [2.24, 2.45) is 0 Å². The summed E-state index contributed by atoms with van der Waals surface area (Å²) in [6.45, 7) is 0.743. The largest absolute Gasteiger partial charge is 0.342 e. The van der Waals surface area contributed by atoms with Gasteiger partial charge in [0.05, 0.1) is 17.1 Å². The van der Waals surface area contributed by atoms with E-state index in [9.17, 15) is 9.59 Å². The molecule has 1 aliphatic rings. The number of nitrogens with zero attached hydrogens (tertiary/aromatic N) is 2. The number of aromatic amines is 1. The second-order valence-electron chi connectivity index (χ2n) is 7.14. The van der Waals surface area contributed by atoms with Gasteiger partial charge in [0.1, 0.15) is 5.82 Å². The molecular formula is C22H24N4O2S. The van der Waals surface area contributed by atoms with Crippen LogP contribution in [0, 0.1) is 0 Å². The van der Waals surface area contributed by atoms with Crippen molar-refractivity contribution in [2.45, 2.75) is 25.3 Å². The van der Waals surface area contributed by atoms with E-state index in [1.165, 1.54) is 0 Å². The Hall–Kier alpha value is -2.80. The third-order valence-electron chi connectivity index (χ3n) is 5.17. The van der Waals surface area contributed by atoms with E-state index in [0.29, 0.717) is 12.0 Å². The topological polar surface area (TPSA) is 78.1 Å². The number of hydrogen-bond donors (Lipinski definition) is 2. The zero-order valence-corrected chi connectivity index (χ0v) is 17.2. The molecule has 4 rings (SSSR count). The number of benzene rings is 2. The minimum Gasteiger partial charge on any atom is -0.342 e. The maximum Gasteiger partial charge on any atom is 0.251 e. The van der Waals surface area contributed by atoms with Gasteiger partial charge < -0.3 is 15.2 Å². The lowest BCUT2D eigenvalue weighted by Crippen LogP contribution is -2.30. The first-order chi connectivity index (χ1) is 14.2. The van der Waals surface area contributed by atoms with E-state index >= 15 is 0 Å². The zero-order chi connectivity index (χ0) is 20.2. The summed E-state index contributed by atoms with van der Waals surface area (Å²) in [5, 5.41) is 3.12. The predicted molar refractivity (Wildman–Crippen MR) is 117 cm³/mol. The molecule has 0 unspecified atom stereocenters. The van der Waals surface area contributed by atoms with Gasteiger partial charge in [0.2, 0.25) is 5.91 Å². The zero-order valence-electron chi connectivity index (χ0n) is 16.4. The Morgan fingerprint density at radius 3 is 2.72 bits per heavy atom. The number of thioether (sulfide) groups is 1. The third kappa shape index (κ3) is 4.29. The third-order valence-corrected chi connectivity index (χ3v) is 5.81. The Bertz CT molecular complexity index is 982. The lowest BCUT2D eigenvalue weighted by atomic mass is 10.1. The van der Waals surface area contributed by atoms with Crippen LogP contribution in [0.1, 0.15) is 41.5 Å². The quantitative estimate of drug-likeness (QED) is 0.621. The minimum atomic E-state index is -0.192. The summed E-state index contributed by atoms with van der Waals surface area (Å²) in [5.41, 5.74) is 3.28. The summed E-state index contributed by atoms with van der Waals surface area (Å²) in [6, 6.07) is 14.9. The van der Waals surface area contributed by atoms with Crippen LogP contribution in [0.15, 0.2) is 48.5 Å². The van der Waals surface area contributed by atoms with E-state index < -0.39 is 0 Å². The molecule has 1 aromatic heterocycles. The number of aromatic nitrogens is 2. The van der Waals surface area contributed by atoms with E-state index in [1.54, 1.807) is 28.8 Å². The second-order valence-corrected chi connectivity index (χ2v) is 8.13. The molecule has 0 aliphatic carbocycles. The standard InChI is InChI=1S/C22H24N4O2S/c1-29-14-12-19(21-23-17-5-2-3-6-18(17)24-21)25-22(28)15-8-10-16(11-9-15)26-13-4-7-20(26)27/h2-3,5-6,8-11,19H,4,7,12-14H2,1H3,(H,23,24)(H,25,28)/t19-/m0/s1. The van der Waals surface area contributed by atoms with Gasteiger partial charge in [0, 0.05) is 24.2 Å². The van der Waals surface area contributed by atoms with Crippen LogP contribution in [0.5, 0.6) is 0 Å². The van der Waals surface area contributed by atoms with Gasteiger partial charge in [0.15, 0.2) is 0 Å². The molecule has 6 nitrogen and oxygen atoms in total. The van der Waals surface area contributed by atoms with E-state index in [2.05, 4.69) is 21.5 Å². The Balaban J connectivity index is 1.50. The highest BCUT2D eigenvalue weighted by molar-refractivity contribution is 7.98. The SMILES string of the molecule is CSCC[C@H](NC(=O)c1ccc(N2CCCC2=O)cc1)c1nc2ccccc2[nH]1. The lowest BCUT2D eigenvalue weighted by molar-refractivity contribution is -0.117. The molecule has 3 aromatic rings. The molecule has 7 heteroatoms. The highest BCUT2D eigenvalue weighted by Gasteiger charge is 2.22. The van der Waals surface area contributed by atoms with Gasteiger partial charge in [-0.25, -0.2) is 4.98 Å². The number of carbonyl (C=O) groups is 2. The molecule has 2 aromatic carbocycles. The van der Waals surface area contributed by atoms with Gasteiger partial charge in [-0.05, 0) is 61.2 Å². The van der Waals surface area contributed by atoms with Gasteiger partial charge in [-0.2, -0.15) is 11.8 Å². The fourth-order valence-corrected chi connectivity index (χ4v) is 4.08. The van der Waals surface area contributed by atoms with Crippen LogP contribution in [-0.2, 0) is 4.79 Å². The molecule has 1 atom stereocenters.